The fourth-order valence-corrected chi connectivity index (χ4v) is 5.40. The summed E-state index contributed by atoms with van der Waals surface area (Å²) in [4.78, 5) is 24.2. The number of nitrogens with one attached hydrogen (secondary N) is 1. The first-order chi connectivity index (χ1) is 15.2. The molecule has 5 saturated carbocycles. The van der Waals surface area contributed by atoms with Crippen LogP contribution in [-0.2, 0) is 28.5 Å². The van der Waals surface area contributed by atoms with E-state index in [9.17, 15) is 35.9 Å². The molecule has 0 heterocycles. The number of hydrogen-bond donors (Lipinski definition) is 1. The van der Waals surface area contributed by atoms with Gasteiger partial charge in [-0.2, -0.15) is 0 Å². The van der Waals surface area contributed by atoms with Gasteiger partial charge in [0.2, 0.25) is 5.91 Å². The Bertz CT molecular complexity index is 679. The van der Waals surface area contributed by atoms with Crippen LogP contribution >= 0.6 is 0 Å². The molecule has 0 spiro atoms. The number of amides is 1. The lowest BCUT2D eigenvalue weighted by molar-refractivity contribution is -0.358. The Morgan fingerprint density at radius 2 is 1.21 bits per heavy atom. The second-order valence-corrected chi connectivity index (χ2v) is 9.75. The van der Waals surface area contributed by atoms with Gasteiger partial charge in [-0.05, 0) is 24.7 Å². The largest absolute Gasteiger partial charge is 0.522 e. The maximum atomic E-state index is 12.2. The van der Waals surface area contributed by atoms with Gasteiger partial charge in [-0.15, -0.1) is 26.3 Å². The first kappa shape index (κ1) is 24.7. The molecule has 188 valence electrons. The van der Waals surface area contributed by atoms with Crippen LogP contribution in [0.25, 0.3) is 0 Å². The van der Waals surface area contributed by atoms with Gasteiger partial charge in [0.05, 0.1) is 24.4 Å². The van der Waals surface area contributed by atoms with Crippen LogP contribution in [0.1, 0.15) is 51.4 Å². The number of rotatable bonds is 11. The van der Waals surface area contributed by atoms with Crippen LogP contribution < -0.4 is 5.32 Å². The summed E-state index contributed by atoms with van der Waals surface area (Å²) >= 11 is 0. The number of carbonyl (C=O) groups excluding carboxylic acids is 2. The van der Waals surface area contributed by atoms with E-state index in [-0.39, 0.29) is 61.5 Å². The lowest BCUT2D eigenvalue weighted by Crippen LogP contribution is -2.75. The average molecular weight is 489 g/mol. The number of alkyl halides is 6. The Morgan fingerprint density at radius 1 is 0.758 bits per heavy atom. The van der Waals surface area contributed by atoms with Gasteiger partial charge in [0.1, 0.15) is 13.2 Å². The molecule has 0 aliphatic heterocycles. The van der Waals surface area contributed by atoms with E-state index < -0.39 is 37.1 Å². The molecule has 0 aromatic rings. The van der Waals surface area contributed by atoms with Crippen molar-refractivity contribution < 1.29 is 54.9 Å². The van der Waals surface area contributed by atoms with Gasteiger partial charge in [0, 0.05) is 37.6 Å². The van der Waals surface area contributed by atoms with Crippen LogP contribution in [0, 0.1) is 5.41 Å². The predicted octanol–water partition coefficient (Wildman–Crippen LogP) is 3.15. The number of ether oxygens (including phenoxy) is 4. The second-order valence-electron chi connectivity index (χ2n) is 9.75. The zero-order valence-electron chi connectivity index (χ0n) is 17.6. The lowest BCUT2D eigenvalue weighted by Gasteiger charge is -2.70. The first-order valence-corrected chi connectivity index (χ1v) is 10.8. The number of ketones is 1. The van der Waals surface area contributed by atoms with E-state index in [0.717, 1.165) is 0 Å². The van der Waals surface area contributed by atoms with E-state index in [1.807, 2.05) is 0 Å². The number of hydrogen-bond acceptors (Lipinski definition) is 6. The van der Waals surface area contributed by atoms with Crippen molar-refractivity contribution in [3.8, 4) is 0 Å². The van der Waals surface area contributed by atoms with Crippen LogP contribution in [0.5, 0.6) is 0 Å². The Morgan fingerprint density at radius 3 is 1.67 bits per heavy atom. The second kappa shape index (κ2) is 8.65. The van der Waals surface area contributed by atoms with Crippen LogP contribution in [0.4, 0.5) is 26.3 Å². The molecule has 0 aromatic heterocycles. The van der Waals surface area contributed by atoms with Crippen molar-refractivity contribution in [2.45, 2.75) is 94.0 Å². The normalized spacial score (nSPS) is 37.3. The van der Waals surface area contributed by atoms with Crippen molar-refractivity contribution in [3.05, 3.63) is 0 Å². The third kappa shape index (κ3) is 6.37. The van der Waals surface area contributed by atoms with E-state index in [1.165, 1.54) is 0 Å². The third-order valence-corrected chi connectivity index (χ3v) is 6.75. The maximum absolute atomic E-state index is 12.2. The molecule has 1 N–H and O–H groups in total. The molecule has 0 saturated heterocycles. The molecule has 13 heteroatoms. The molecule has 0 atom stereocenters. The average Bonchev–Trinajstić information content (AvgIpc) is 2.53. The summed E-state index contributed by atoms with van der Waals surface area (Å²) in [6.07, 6.45) is -9.44. The van der Waals surface area contributed by atoms with Gasteiger partial charge in [-0.25, -0.2) is 0 Å². The highest BCUT2D eigenvalue weighted by Gasteiger charge is 2.68. The van der Waals surface area contributed by atoms with Gasteiger partial charge >= 0.3 is 12.7 Å². The van der Waals surface area contributed by atoms with Crippen LogP contribution in [0.3, 0.4) is 0 Å². The molecule has 33 heavy (non-hydrogen) atoms. The SMILES string of the molecule is O=C(COC1CC(OC(F)(F)F)C1)CC12CC(NC(=O)COC3CC(OC(F)(F)F)C3)(C1)C2. The molecule has 2 bridgehead atoms. The Hall–Kier alpha value is -1.44. The zero-order chi connectivity index (χ0) is 24.1. The number of halogens is 6. The molecule has 5 fully saturated rings. The van der Waals surface area contributed by atoms with Gasteiger partial charge in [0.15, 0.2) is 5.78 Å². The summed E-state index contributed by atoms with van der Waals surface area (Å²) < 4.78 is 90.9. The lowest BCUT2D eigenvalue weighted by atomic mass is 9.38. The Balaban J connectivity index is 1.04. The standard InChI is InChI=1S/C20H25F6NO6/c21-19(22,23)32-14-1-12(2-14)30-6-11(28)5-17-8-18(9-17,10-17)27-16(29)7-31-13-3-15(4-13)33-20(24,25)26/h12-15H,1-10H2,(H,27,29). The van der Waals surface area contributed by atoms with E-state index in [1.54, 1.807) is 0 Å². The molecule has 1 amide bonds. The predicted molar refractivity (Wildman–Crippen MR) is 96.6 cm³/mol. The highest BCUT2D eigenvalue weighted by Crippen LogP contribution is 2.69. The van der Waals surface area contributed by atoms with Gasteiger partial charge in [-0.3, -0.25) is 19.1 Å². The highest BCUT2D eigenvalue weighted by molar-refractivity contribution is 5.82. The van der Waals surface area contributed by atoms with Crippen LogP contribution in [-0.4, -0.2) is 67.6 Å². The molecule has 5 rings (SSSR count). The number of carbonyl (C=O) groups is 2. The number of Topliss-reactive ketones (excluding diaryl/α,β-unsaturated/α-hetero) is 1. The van der Waals surface area contributed by atoms with Crippen molar-refractivity contribution in [1.82, 2.24) is 5.32 Å². The Labute approximate surface area is 185 Å². The molecular weight excluding hydrogens is 464 g/mol. The molecule has 7 nitrogen and oxygen atoms in total. The van der Waals surface area contributed by atoms with E-state index in [2.05, 4.69) is 14.8 Å². The summed E-state index contributed by atoms with van der Waals surface area (Å²) in [6, 6.07) is 0. The fraction of sp³-hybridized carbons (Fsp3) is 0.900. The first-order valence-electron chi connectivity index (χ1n) is 10.8. The highest BCUT2D eigenvalue weighted by atomic mass is 19.4. The molecule has 5 aliphatic rings. The molecule has 5 aliphatic carbocycles. The summed E-state index contributed by atoms with van der Waals surface area (Å²) in [6.45, 7) is -0.399. The quantitative estimate of drug-likeness (QED) is 0.449. The van der Waals surface area contributed by atoms with Gasteiger partial charge in [-0.1, -0.05) is 0 Å². The zero-order valence-corrected chi connectivity index (χ0v) is 17.6. The molecule has 0 aromatic carbocycles. The summed E-state index contributed by atoms with van der Waals surface area (Å²) in [5, 5.41) is 2.88. The van der Waals surface area contributed by atoms with Crippen molar-refractivity contribution in [3.63, 3.8) is 0 Å². The van der Waals surface area contributed by atoms with E-state index in [4.69, 9.17) is 9.47 Å². The van der Waals surface area contributed by atoms with Gasteiger partial charge < -0.3 is 14.8 Å². The van der Waals surface area contributed by atoms with E-state index >= 15 is 0 Å². The topological polar surface area (TPSA) is 83.1 Å². The van der Waals surface area contributed by atoms with Crippen molar-refractivity contribution in [1.29, 1.82) is 0 Å². The Kier molecular flexibility index (Phi) is 6.47. The third-order valence-electron chi connectivity index (χ3n) is 6.75. The fourth-order valence-electron chi connectivity index (χ4n) is 5.40. The van der Waals surface area contributed by atoms with Gasteiger partial charge in [0.25, 0.3) is 0 Å². The minimum absolute atomic E-state index is 0.0854. The summed E-state index contributed by atoms with van der Waals surface area (Å²) in [7, 11) is 0. The smallest absolute Gasteiger partial charge is 0.370 e. The molecule has 0 radical (unpaired) electrons. The summed E-state index contributed by atoms with van der Waals surface area (Å²) in [5.74, 6) is -0.475. The maximum Gasteiger partial charge on any atom is 0.522 e. The van der Waals surface area contributed by atoms with Crippen LogP contribution in [0.2, 0.25) is 0 Å². The van der Waals surface area contributed by atoms with E-state index in [0.29, 0.717) is 25.7 Å². The monoisotopic (exact) mass is 489 g/mol. The van der Waals surface area contributed by atoms with Crippen LogP contribution in [0.15, 0.2) is 0 Å². The van der Waals surface area contributed by atoms with Crippen molar-refractivity contribution >= 4 is 11.7 Å². The molecular formula is C20H25F6NO6. The molecule has 0 unspecified atom stereocenters. The van der Waals surface area contributed by atoms with Crippen molar-refractivity contribution in [2.75, 3.05) is 13.2 Å². The minimum atomic E-state index is -4.67. The minimum Gasteiger partial charge on any atom is -0.370 e. The summed E-state index contributed by atoms with van der Waals surface area (Å²) in [5.41, 5.74) is -0.536. The van der Waals surface area contributed by atoms with Crippen molar-refractivity contribution in [2.24, 2.45) is 5.41 Å².